The van der Waals surface area contributed by atoms with Crippen molar-refractivity contribution < 1.29 is 19.1 Å². The molecule has 0 aliphatic heterocycles. The van der Waals surface area contributed by atoms with Crippen molar-refractivity contribution in [3.05, 3.63) is 28.2 Å². The highest BCUT2D eigenvalue weighted by atomic mass is 35.5. The lowest BCUT2D eigenvalue weighted by Crippen LogP contribution is -2.29. The Balaban J connectivity index is 2.96. The highest BCUT2D eigenvalue weighted by Gasteiger charge is 2.25. The predicted molar refractivity (Wildman–Crippen MR) is 77.0 cm³/mol. The van der Waals surface area contributed by atoms with E-state index in [0.29, 0.717) is 15.7 Å². The maximum absolute atomic E-state index is 11.7. The zero-order valence-electron chi connectivity index (χ0n) is 10.9. The molecule has 1 unspecified atom stereocenters. The Morgan fingerprint density at radius 1 is 1.35 bits per heavy atom. The van der Waals surface area contributed by atoms with Gasteiger partial charge in [-0.2, -0.15) is 0 Å². The average Bonchev–Trinajstić information content (AvgIpc) is 2.41. The van der Waals surface area contributed by atoms with Crippen LogP contribution in [0.15, 0.2) is 23.2 Å². The van der Waals surface area contributed by atoms with E-state index in [1.165, 1.54) is 26.5 Å². The van der Waals surface area contributed by atoms with Crippen LogP contribution in [0, 0.1) is 5.92 Å². The zero-order chi connectivity index (χ0) is 15.1. The number of ether oxygens (including phenoxy) is 2. The van der Waals surface area contributed by atoms with Crippen molar-refractivity contribution in [1.82, 2.24) is 0 Å². The monoisotopic (exact) mass is 317 g/mol. The number of esters is 1. The van der Waals surface area contributed by atoms with Gasteiger partial charge in [0.2, 0.25) is 0 Å². The summed E-state index contributed by atoms with van der Waals surface area (Å²) in [5.41, 5.74) is 0.398. The van der Waals surface area contributed by atoms with E-state index in [4.69, 9.17) is 27.9 Å². The minimum Gasteiger partial charge on any atom is -0.468 e. The van der Waals surface area contributed by atoms with Crippen molar-refractivity contribution in [2.24, 2.45) is 10.9 Å². The second kappa shape index (κ2) is 7.99. The number of halogens is 2. The molecule has 5 nitrogen and oxygen atoms in total. The minimum atomic E-state index is -1.13. The summed E-state index contributed by atoms with van der Waals surface area (Å²) in [6.07, 6.45) is 1.18. The second-order valence-electron chi connectivity index (χ2n) is 3.77. The Morgan fingerprint density at radius 2 is 2.05 bits per heavy atom. The van der Waals surface area contributed by atoms with E-state index in [1.54, 1.807) is 12.1 Å². The SMILES string of the molecule is COCC(=O)C(C=Nc1ccc(Cl)cc1Cl)C(=O)OC. The maximum atomic E-state index is 11.7. The molecule has 0 N–H and O–H groups in total. The summed E-state index contributed by atoms with van der Waals surface area (Å²) >= 11 is 11.7. The van der Waals surface area contributed by atoms with Gasteiger partial charge < -0.3 is 9.47 Å². The number of carbonyl (C=O) groups is 2. The quantitative estimate of drug-likeness (QED) is 0.459. The van der Waals surface area contributed by atoms with Gasteiger partial charge in [-0.3, -0.25) is 14.6 Å². The molecular formula is C13H13Cl2NO4. The summed E-state index contributed by atoms with van der Waals surface area (Å²) in [6, 6.07) is 4.69. The second-order valence-corrected chi connectivity index (χ2v) is 4.62. The van der Waals surface area contributed by atoms with Crippen LogP contribution in [-0.2, 0) is 19.1 Å². The van der Waals surface area contributed by atoms with Crippen molar-refractivity contribution in [2.75, 3.05) is 20.8 Å². The van der Waals surface area contributed by atoms with Crippen LogP contribution < -0.4 is 0 Å². The van der Waals surface area contributed by atoms with Crippen LogP contribution in [0.25, 0.3) is 0 Å². The van der Waals surface area contributed by atoms with Gasteiger partial charge in [0.05, 0.1) is 17.8 Å². The fourth-order valence-corrected chi connectivity index (χ4v) is 1.83. The van der Waals surface area contributed by atoms with Gasteiger partial charge in [0.25, 0.3) is 0 Å². The molecule has 0 saturated carbocycles. The average molecular weight is 318 g/mol. The Kier molecular flexibility index (Phi) is 6.64. The first-order chi connectivity index (χ1) is 9.49. The fourth-order valence-electron chi connectivity index (χ4n) is 1.38. The summed E-state index contributed by atoms with van der Waals surface area (Å²) in [6.45, 7) is -0.208. The molecule has 1 atom stereocenters. The number of Topliss-reactive ketones (excluding diaryl/α,β-unsaturated/α-hetero) is 1. The van der Waals surface area contributed by atoms with Crippen molar-refractivity contribution >= 4 is 46.9 Å². The Hall–Kier alpha value is -1.43. The van der Waals surface area contributed by atoms with E-state index in [9.17, 15) is 9.59 Å². The van der Waals surface area contributed by atoms with Crippen LogP contribution in [0.2, 0.25) is 10.0 Å². The van der Waals surface area contributed by atoms with Crippen LogP contribution >= 0.6 is 23.2 Å². The van der Waals surface area contributed by atoms with Crippen LogP contribution in [0.3, 0.4) is 0 Å². The van der Waals surface area contributed by atoms with Crippen LogP contribution in [0.4, 0.5) is 5.69 Å². The first-order valence-corrected chi connectivity index (χ1v) is 6.34. The molecule has 20 heavy (non-hydrogen) atoms. The Bertz CT molecular complexity index is 531. The number of hydrogen-bond donors (Lipinski definition) is 0. The standard InChI is InChI=1S/C13H13Cl2NO4/c1-19-7-12(17)9(13(18)20-2)6-16-11-4-3-8(14)5-10(11)15/h3-6,9H,7H2,1-2H3. The smallest absolute Gasteiger partial charge is 0.321 e. The molecule has 0 amide bonds. The molecule has 1 rings (SSSR count). The van der Waals surface area contributed by atoms with Crippen LogP contribution in [0.1, 0.15) is 0 Å². The van der Waals surface area contributed by atoms with E-state index in [1.807, 2.05) is 0 Å². The molecule has 0 spiro atoms. The minimum absolute atomic E-state index is 0.208. The third-order valence-corrected chi connectivity index (χ3v) is 2.90. The van der Waals surface area contributed by atoms with E-state index in [2.05, 4.69) is 9.73 Å². The third-order valence-electron chi connectivity index (χ3n) is 2.36. The molecule has 0 bridgehead atoms. The van der Waals surface area contributed by atoms with Gasteiger partial charge in [0, 0.05) is 18.3 Å². The van der Waals surface area contributed by atoms with Gasteiger partial charge in [0.15, 0.2) is 11.7 Å². The topological polar surface area (TPSA) is 65.0 Å². The molecule has 0 aliphatic rings. The number of nitrogens with zero attached hydrogens (tertiary/aromatic N) is 1. The largest absolute Gasteiger partial charge is 0.468 e. The molecule has 0 saturated heterocycles. The molecule has 7 heteroatoms. The van der Waals surface area contributed by atoms with E-state index >= 15 is 0 Å². The number of rotatable bonds is 6. The summed E-state index contributed by atoms with van der Waals surface area (Å²) in [5, 5.41) is 0.783. The first kappa shape index (κ1) is 16.6. The molecule has 0 radical (unpaired) electrons. The summed E-state index contributed by atoms with van der Waals surface area (Å²) < 4.78 is 9.27. The Labute approximate surface area is 126 Å². The molecule has 0 aliphatic carbocycles. The first-order valence-electron chi connectivity index (χ1n) is 5.58. The lowest BCUT2D eigenvalue weighted by molar-refractivity contribution is -0.147. The molecule has 0 aromatic heterocycles. The number of aliphatic imine (C=N–C) groups is 1. The maximum Gasteiger partial charge on any atom is 0.321 e. The fraction of sp³-hybridized carbons (Fsp3) is 0.308. The van der Waals surface area contributed by atoms with E-state index < -0.39 is 17.7 Å². The number of carbonyl (C=O) groups excluding carboxylic acids is 2. The predicted octanol–water partition coefficient (Wildman–Crippen LogP) is 2.70. The molecular weight excluding hydrogens is 305 g/mol. The third kappa shape index (κ3) is 4.59. The zero-order valence-corrected chi connectivity index (χ0v) is 12.4. The number of methoxy groups -OCH3 is 2. The molecule has 1 aromatic carbocycles. The summed E-state index contributed by atoms with van der Waals surface area (Å²) in [4.78, 5) is 27.3. The number of benzene rings is 1. The van der Waals surface area contributed by atoms with Gasteiger partial charge in [-0.1, -0.05) is 23.2 Å². The van der Waals surface area contributed by atoms with Gasteiger partial charge in [0.1, 0.15) is 6.61 Å². The van der Waals surface area contributed by atoms with Gasteiger partial charge >= 0.3 is 5.97 Å². The van der Waals surface area contributed by atoms with Crippen molar-refractivity contribution in [1.29, 1.82) is 0 Å². The summed E-state index contributed by atoms with van der Waals surface area (Å²) in [5.74, 6) is -2.29. The van der Waals surface area contributed by atoms with Gasteiger partial charge in [-0.05, 0) is 18.2 Å². The van der Waals surface area contributed by atoms with Crippen molar-refractivity contribution in [3.8, 4) is 0 Å². The lowest BCUT2D eigenvalue weighted by Gasteiger charge is -2.08. The number of hydrogen-bond acceptors (Lipinski definition) is 5. The van der Waals surface area contributed by atoms with Crippen LogP contribution in [0.5, 0.6) is 0 Å². The molecule has 0 heterocycles. The van der Waals surface area contributed by atoms with Gasteiger partial charge in [-0.15, -0.1) is 0 Å². The van der Waals surface area contributed by atoms with Gasteiger partial charge in [-0.25, -0.2) is 0 Å². The molecule has 108 valence electrons. The highest BCUT2D eigenvalue weighted by Crippen LogP contribution is 2.27. The molecule has 0 fully saturated rings. The number of ketones is 1. The lowest BCUT2D eigenvalue weighted by atomic mass is 10.1. The molecule has 1 aromatic rings. The summed E-state index contributed by atoms with van der Waals surface area (Å²) in [7, 11) is 2.55. The van der Waals surface area contributed by atoms with Crippen molar-refractivity contribution in [3.63, 3.8) is 0 Å². The van der Waals surface area contributed by atoms with E-state index in [-0.39, 0.29) is 6.61 Å². The highest BCUT2D eigenvalue weighted by molar-refractivity contribution is 6.36. The Morgan fingerprint density at radius 3 is 2.60 bits per heavy atom. The van der Waals surface area contributed by atoms with Crippen molar-refractivity contribution in [2.45, 2.75) is 0 Å². The van der Waals surface area contributed by atoms with Crippen LogP contribution in [-0.4, -0.2) is 38.8 Å². The van der Waals surface area contributed by atoms with E-state index in [0.717, 1.165) is 0 Å². The normalized spacial score (nSPS) is 12.4.